The molecule has 0 bridgehead atoms. The summed E-state index contributed by atoms with van der Waals surface area (Å²) in [7, 11) is 0. The van der Waals surface area contributed by atoms with Crippen molar-refractivity contribution in [3.63, 3.8) is 0 Å². The van der Waals surface area contributed by atoms with Crippen molar-refractivity contribution in [2.45, 2.75) is 6.42 Å². The number of aromatic nitrogens is 6. The van der Waals surface area contributed by atoms with Crippen LogP contribution in [0.15, 0.2) is 12.7 Å². The summed E-state index contributed by atoms with van der Waals surface area (Å²) in [6, 6.07) is 0. The lowest BCUT2D eigenvalue weighted by molar-refractivity contribution is -0.136. The van der Waals surface area contributed by atoms with Crippen molar-refractivity contribution in [2.24, 2.45) is 0 Å². The Morgan fingerprint density at radius 3 is 3.12 bits per heavy atom. The fraction of sp³-hybridized carbons (Fsp3) is 0.125. The molecule has 16 heavy (non-hydrogen) atoms. The van der Waals surface area contributed by atoms with Gasteiger partial charge >= 0.3 is 5.97 Å². The highest BCUT2D eigenvalue weighted by Gasteiger charge is 2.12. The van der Waals surface area contributed by atoms with E-state index in [-0.39, 0.29) is 6.42 Å². The van der Waals surface area contributed by atoms with E-state index in [1.165, 1.54) is 17.1 Å². The molecule has 2 N–H and O–H groups in total. The van der Waals surface area contributed by atoms with Crippen LogP contribution < -0.4 is 0 Å². The van der Waals surface area contributed by atoms with Gasteiger partial charge in [-0.2, -0.15) is 0 Å². The van der Waals surface area contributed by atoms with Gasteiger partial charge in [-0.15, -0.1) is 10.2 Å². The Morgan fingerprint density at radius 1 is 1.44 bits per heavy atom. The van der Waals surface area contributed by atoms with Crippen LogP contribution in [0.5, 0.6) is 0 Å². The van der Waals surface area contributed by atoms with Crippen molar-refractivity contribution < 1.29 is 9.90 Å². The van der Waals surface area contributed by atoms with Gasteiger partial charge in [0.15, 0.2) is 11.3 Å². The lowest BCUT2D eigenvalue weighted by Gasteiger charge is -1.95. The average Bonchev–Trinajstić information content (AvgIpc) is 2.82. The van der Waals surface area contributed by atoms with Gasteiger partial charge in [-0.3, -0.25) is 9.20 Å². The number of nitrogens with zero attached hydrogens (tertiary/aromatic N) is 5. The van der Waals surface area contributed by atoms with Crippen LogP contribution in [0.2, 0.25) is 0 Å². The molecule has 8 nitrogen and oxygen atoms in total. The average molecular weight is 218 g/mol. The third-order valence-corrected chi connectivity index (χ3v) is 2.21. The number of aliphatic carboxylic acids is 1. The number of hydrogen-bond acceptors (Lipinski definition) is 5. The molecule has 80 valence electrons. The SMILES string of the molecule is O=C(O)Cc1nnc2c3[nH]cnc3ncn12. The molecule has 0 unspecified atom stereocenters. The van der Waals surface area contributed by atoms with Gasteiger partial charge in [0.25, 0.3) is 0 Å². The second-order valence-corrected chi connectivity index (χ2v) is 3.23. The lowest BCUT2D eigenvalue weighted by Crippen LogP contribution is -2.05. The number of carboxylic acid groups (broad SMARTS) is 1. The molecule has 3 rings (SSSR count). The largest absolute Gasteiger partial charge is 0.481 e. The number of aromatic amines is 1. The first-order chi connectivity index (χ1) is 7.75. The molecule has 0 fully saturated rings. The van der Waals surface area contributed by atoms with Crippen LogP contribution in [-0.2, 0) is 11.2 Å². The predicted octanol–water partition coefficient (Wildman–Crippen LogP) is -0.372. The third kappa shape index (κ3) is 1.13. The first-order valence-corrected chi connectivity index (χ1v) is 4.49. The van der Waals surface area contributed by atoms with E-state index in [0.717, 1.165) is 0 Å². The number of nitrogens with one attached hydrogen (secondary N) is 1. The minimum Gasteiger partial charge on any atom is -0.481 e. The van der Waals surface area contributed by atoms with Gasteiger partial charge in [-0.05, 0) is 0 Å². The summed E-state index contributed by atoms with van der Waals surface area (Å²) in [5, 5.41) is 16.4. The van der Waals surface area contributed by atoms with Gasteiger partial charge < -0.3 is 10.1 Å². The molecular formula is C8H6N6O2. The number of imidazole rings is 1. The molecule has 0 spiro atoms. The molecule has 0 aliphatic carbocycles. The van der Waals surface area contributed by atoms with E-state index >= 15 is 0 Å². The predicted molar refractivity (Wildman–Crippen MR) is 51.8 cm³/mol. The van der Waals surface area contributed by atoms with Crippen molar-refractivity contribution in [3.05, 3.63) is 18.5 Å². The fourth-order valence-electron chi connectivity index (χ4n) is 1.53. The molecule has 3 aromatic rings. The standard InChI is InChI=1S/C8H6N6O2/c15-5(16)1-4-12-13-8-6-7(10-2-9-6)11-3-14(4)8/h2-3H,1H2,(H,9,10)(H,15,16). The smallest absolute Gasteiger partial charge is 0.311 e. The maximum Gasteiger partial charge on any atom is 0.311 e. The lowest BCUT2D eigenvalue weighted by atomic mass is 10.4. The molecule has 0 radical (unpaired) electrons. The van der Waals surface area contributed by atoms with Crippen molar-refractivity contribution in [1.29, 1.82) is 0 Å². The van der Waals surface area contributed by atoms with Crippen LogP contribution in [0, 0.1) is 0 Å². The van der Waals surface area contributed by atoms with Gasteiger partial charge in [0.05, 0.1) is 6.33 Å². The van der Waals surface area contributed by atoms with E-state index in [2.05, 4.69) is 25.1 Å². The van der Waals surface area contributed by atoms with Crippen LogP contribution in [-0.4, -0.2) is 40.6 Å². The molecule has 0 saturated heterocycles. The number of fused-ring (bicyclic) bond motifs is 3. The third-order valence-electron chi connectivity index (χ3n) is 2.21. The van der Waals surface area contributed by atoms with E-state index in [1.54, 1.807) is 0 Å². The number of carbonyl (C=O) groups is 1. The molecule has 0 aliphatic heterocycles. The van der Waals surface area contributed by atoms with Crippen LogP contribution in [0.4, 0.5) is 0 Å². The minimum absolute atomic E-state index is 0.192. The molecule has 0 saturated carbocycles. The van der Waals surface area contributed by atoms with E-state index < -0.39 is 5.97 Å². The number of H-pyrrole nitrogens is 1. The van der Waals surface area contributed by atoms with Gasteiger partial charge in [-0.1, -0.05) is 0 Å². The van der Waals surface area contributed by atoms with Crippen LogP contribution in [0.3, 0.4) is 0 Å². The Balaban J connectivity index is 2.30. The topological polar surface area (TPSA) is 109 Å². The highest BCUT2D eigenvalue weighted by atomic mass is 16.4. The summed E-state index contributed by atoms with van der Waals surface area (Å²) in [6.45, 7) is 0. The summed E-state index contributed by atoms with van der Waals surface area (Å²) in [6.07, 6.45) is 2.78. The monoisotopic (exact) mass is 218 g/mol. The van der Waals surface area contributed by atoms with Crippen LogP contribution in [0.25, 0.3) is 16.8 Å². The normalized spacial score (nSPS) is 11.2. The first kappa shape index (κ1) is 8.77. The molecule has 0 atom stereocenters. The highest BCUT2D eigenvalue weighted by molar-refractivity contribution is 5.84. The molecule has 3 heterocycles. The molecule has 0 aromatic carbocycles. The van der Waals surface area contributed by atoms with Gasteiger partial charge in [0, 0.05) is 0 Å². The highest BCUT2D eigenvalue weighted by Crippen LogP contribution is 2.12. The Bertz CT molecular complexity index is 684. The second-order valence-electron chi connectivity index (χ2n) is 3.23. The van der Waals surface area contributed by atoms with Crippen LogP contribution in [0.1, 0.15) is 5.82 Å². The van der Waals surface area contributed by atoms with Crippen molar-refractivity contribution >= 4 is 22.8 Å². The van der Waals surface area contributed by atoms with Gasteiger partial charge in [-0.25, -0.2) is 9.97 Å². The zero-order valence-corrected chi connectivity index (χ0v) is 7.95. The van der Waals surface area contributed by atoms with Crippen molar-refractivity contribution in [3.8, 4) is 0 Å². The van der Waals surface area contributed by atoms with E-state index in [4.69, 9.17) is 5.11 Å². The Kier molecular flexibility index (Phi) is 1.64. The molecule has 8 heteroatoms. The number of rotatable bonds is 2. The maximum atomic E-state index is 10.6. The second kappa shape index (κ2) is 2.99. The van der Waals surface area contributed by atoms with Crippen LogP contribution >= 0.6 is 0 Å². The zero-order chi connectivity index (χ0) is 11.1. The minimum atomic E-state index is -0.959. The van der Waals surface area contributed by atoms with Crippen molar-refractivity contribution in [2.75, 3.05) is 0 Å². The van der Waals surface area contributed by atoms with Gasteiger partial charge in [0.2, 0.25) is 0 Å². The number of hydrogen-bond donors (Lipinski definition) is 2. The fourth-order valence-corrected chi connectivity index (χ4v) is 1.53. The zero-order valence-electron chi connectivity index (χ0n) is 7.95. The number of carboxylic acids is 1. The summed E-state index contributed by atoms with van der Waals surface area (Å²) in [4.78, 5) is 21.5. The quantitative estimate of drug-likeness (QED) is 0.607. The summed E-state index contributed by atoms with van der Waals surface area (Å²) in [5.41, 5.74) is 1.70. The molecular weight excluding hydrogens is 212 g/mol. The summed E-state index contributed by atoms with van der Waals surface area (Å²) in [5.74, 6) is -0.620. The molecule has 3 aromatic heterocycles. The van der Waals surface area contributed by atoms with Crippen molar-refractivity contribution in [1.82, 2.24) is 29.5 Å². The Morgan fingerprint density at radius 2 is 2.31 bits per heavy atom. The van der Waals surface area contributed by atoms with E-state index in [0.29, 0.717) is 22.6 Å². The summed E-state index contributed by atoms with van der Waals surface area (Å²) < 4.78 is 1.54. The Hall–Kier alpha value is -2.51. The molecule has 0 aliphatic rings. The Labute approximate surface area is 88.0 Å². The van der Waals surface area contributed by atoms with Gasteiger partial charge in [0.1, 0.15) is 24.1 Å². The van der Waals surface area contributed by atoms with E-state index in [9.17, 15) is 4.79 Å². The molecule has 0 amide bonds. The first-order valence-electron chi connectivity index (χ1n) is 4.49. The maximum absolute atomic E-state index is 10.6. The summed E-state index contributed by atoms with van der Waals surface area (Å²) >= 11 is 0. The van der Waals surface area contributed by atoms with E-state index in [1.807, 2.05) is 0 Å².